The van der Waals surface area contributed by atoms with Gasteiger partial charge in [-0.15, -0.1) is 0 Å². The summed E-state index contributed by atoms with van der Waals surface area (Å²) in [6, 6.07) is 0. The molecule has 4 rings (SSSR count). The lowest BCUT2D eigenvalue weighted by Gasteiger charge is -2.60. The average Bonchev–Trinajstić information content (AvgIpc) is 3.01. The zero-order valence-corrected chi connectivity index (χ0v) is 18.4. The molecule has 4 saturated carbocycles. The number of hydrogen-bond donors (Lipinski definition) is 1. The van der Waals surface area contributed by atoms with E-state index in [2.05, 4.69) is 25.2 Å². The van der Waals surface area contributed by atoms with Crippen LogP contribution in [0, 0.1) is 40.4 Å². The van der Waals surface area contributed by atoms with E-state index in [0.717, 1.165) is 41.9 Å². The molecular weight excluding hydrogens is 330 g/mol. The Labute approximate surface area is 167 Å². The molecule has 0 radical (unpaired) electrons. The topological polar surface area (TPSA) is 21.3 Å². The van der Waals surface area contributed by atoms with Crippen LogP contribution in [0.4, 0.5) is 0 Å². The van der Waals surface area contributed by atoms with Crippen LogP contribution in [-0.2, 0) is 4.74 Å². The van der Waals surface area contributed by atoms with Crippen LogP contribution in [0.25, 0.3) is 0 Å². The standard InChI is InChI=1S/C25H43NO/c1-24-16-6-5-8-18(24)11-13-20-21-14-12-19(9-7-10-23(26-3)27-4)25(21,2)17-15-22(20)24/h10,18-22,26H,5-9,11-17H2,1-4H3/b23-10+. The van der Waals surface area contributed by atoms with Gasteiger partial charge in [0.25, 0.3) is 0 Å². The van der Waals surface area contributed by atoms with Crippen LogP contribution >= 0.6 is 0 Å². The molecule has 0 bridgehead atoms. The third-order valence-electron chi connectivity index (χ3n) is 10.1. The van der Waals surface area contributed by atoms with E-state index in [1.165, 1.54) is 64.2 Å². The van der Waals surface area contributed by atoms with Crippen molar-refractivity contribution in [1.82, 2.24) is 5.32 Å². The number of rotatable bonds is 5. The Bertz CT molecular complexity index is 551. The summed E-state index contributed by atoms with van der Waals surface area (Å²) >= 11 is 0. The fourth-order valence-electron chi connectivity index (χ4n) is 8.58. The van der Waals surface area contributed by atoms with Gasteiger partial charge in [0.05, 0.1) is 7.11 Å². The van der Waals surface area contributed by atoms with Gasteiger partial charge >= 0.3 is 0 Å². The summed E-state index contributed by atoms with van der Waals surface area (Å²) in [5.41, 5.74) is 1.29. The molecule has 4 aliphatic carbocycles. The normalized spacial score (nSPS) is 47.0. The van der Waals surface area contributed by atoms with Crippen molar-refractivity contribution >= 4 is 0 Å². The van der Waals surface area contributed by atoms with Gasteiger partial charge in [0.2, 0.25) is 0 Å². The first-order chi connectivity index (χ1) is 13.0. The van der Waals surface area contributed by atoms with Gasteiger partial charge in [-0.2, -0.15) is 0 Å². The van der Waals surface area contributed by atoms with Crippen LogP contribution in [-0.4, -0.2) is 14.2 Å². The van der Waals surface area contributed by atoms with Crippen molar-refractivity contribution in [3.63, 3.8) is 0 Å². The minimum absolute atomic E-state index is 0.611. The smallest absolute Gasteiger partial charge is 0.181 e. The van der Waals surface area contributed by atoms with E-state index >= 15 is 0 Å². The second kappa shape index (κ2) is 7.64. The Morgan fingerprint density at radius 3 is 2.56 bits per heavy atom. The Morgan fingerprint density at radius 2 is 1.78 bits per heavy atom. The first-order valence-corrected chi connectivity index (χ1v) is 11.9. The molecule has 2 heteroatoms. The molecule has 4 fully saturated rings. The van der Waals surface area contributed by atoms with Crippen molar-refractivity contribution in [3.8, 4) is 0 Å². The highest BCUT2D eigenvalue weighted by Gasteiger charge is 2.59. The van der Waals surface area contributed by atoms with Crippen LogP contribution in [0.2, 0.25) is 0 Å². The predicted molar refractivity (Wildman–Crippen MR) is 113 cm³/mol. The molecule has 4 aliphatic rings. The average molecular weight is 374 g/mol. The highest BCUT2D eigenvalue weighted by Crippen LogP contribution is 2.67. The zero-order valence-electron chi connectivity index (χ0n) is 18.4. The molecule has 0 saturated heterocycles. The molecule has 1 N–H and O–H groups in total. The lowest BCUT2D eigenvalue weighted by molar-refractivity contribution is -0.111. The van der Waals surface area contributed by atoms with Crippen LogP contribution in [0.15, 0.2) is 12.0 Å². The highest BCUT2D eigenvalue weighted by atomic mass is 16.5. The molecule has 154 valence electrons. The maximum absolute atomic E-state index is 5.38. The van der Waals surface area contributed by atoms with E-state index in [1.807, 2.05) is 7.05 Å². The van der Waals surface area contributed by atoms with Crippen molar-refractivity contribution in [3.05, 3.63) is 12.0 Å². The molecule has 0 amide bonds. The van der Waals surface area contributed by atoms with Gasteiger partial charge in [0, 0.05) is 7.05 Å². The van der Waals surface area contributed by atoms with E-state index in [9.17, 15) is 0 Å². The second-order valence-corrected chi connectivity index (χ2v) is 10.8. The molecule has 7 atom stereocenters. The first-order valence-electron chi connectivity index (χ1n) is 11.9. The van der Waals surface area contributed by atoms with Crippen LogP contribution in [0.3, 0.4) is 0 Å². The van der Waals surface area contributed by atoms with Crippen LogP contribution < -0.4 is 5.32 Å². The molecule has 2 nitrogen and oxygen atoms in total. The molecule has 0 aromatic rings. The van der Waals surface area contributed by atoms with Gasteiger partial charge in [0.15, 0.2) is 5.88 Å². The molecule has 0 spiro atoms. The number of hydrogen-bond acceptors (Lipinski definition) is 2. The van der Waals surface area contributed by atoms with Gasteiger partial charge in [-0.3, -0.25) is 0 Å². The van der Waals surface area contributed by atoms with Crippen molar-refractivity contribution in [2.75, 3.05) is 14.2 Å². The molecule has 0 aromatic carbocycles. The number of fused-ring (bicyclic) bond motifs is 5. The quantitative estimate of drug-likeness (QED) is 0.554. The Kier molecular flexibility index (Phi) is 5.56. The van der Waals surface area contributed by atoms with Crippen molar-refractivity contribution in [2.45, 2.75) is 90.9 Å². The lowest BCUT2D eigenvalue weighted by atomic mass is 9.45. The minimum atomic E-state index is 0.611. The third kappa shape index (κ3) is 3.23. The Hall–Kier alpha value is -0.660. The van der Waals surface area contributed by atoms with Gasteiger partial charge in [-0.1, -0.05) is 26.7 Å². The van der Waals surface area contributed by atoms with Crippen molar-refractivity contribution in [2.24, 2.45) is 40.4 Å². The Balaban J connectivity index is 1.46. The summed E-state index contributed by atoms with van der Waals surface area (Å²) in [6.45, 7) is 5.39. The Morgan fingerprint density at radius 1 is 0.963 bits per heavy atom. The van der Waals surface area contributed by atoms with E-state index in [4.69, 9.17) is 4.74 Å². The summed E-state index contributed by atoms with van der Waals surface area (Å²) in [5, 5.41) is 3.15. The zero-order chi connectivity index (χ0) is 19.1. The number of allylic oxidation sites excluding steroid dienone is 1. The molecular formula is C25H43NO. The fourth-order valence-corrected chi connectivity index (χ4v) is 8.58. The van der Waals surface area contributed by atoms with Gasteiger partial charge in [0.1, 0.15) is 0 Å². The second-order valence-electron chi connectivity index (χ2n) is 10.8. The maximum Gasteiger partial charge on any atom is 0.181 e. The number of methoxy groups -OCH3 is 1. The third-order valence-corrected chi connectivity index (χ3v) is 10.1. The summed E-state index contributed by atoms with van der Waals surface area (Å²) in [6.07, 6.45) is 19.9. The van der Waals surface area contributed by atoms with Gasteiger partial charge < -0.3 is 10.1 Å². The summed E-state index contributed by atoms with van der Waals surface area (Å²) < 4.78 is 5.38. The summed E-state index contributed by atoms with van der Waals surface area (Å²) in [5.74, 6) is 5.99. The number of nitrogens with one attached hydrogen (secondary N) is 1. The van der Waals surface area contributed by atoms with Gasteiger partial charge in [-0.25, -0.2) is 0 Å². The SMILES string of the molecule is CN/C(=C\CCC1CCC2C3CCC4CCCCC4(C)C3CCC12C)OC. The van der Waals surface area contributed by atoms with Gasteiger partial charge in [-0.05, 0) is 111 Å². The maximum atomic E-state index is 5.38. The molecule has 27 heavy (non-hydrogen) atoms. The summed E-state index contributed by atoms with van der Waals surface area (Å²) in [7, 11) is 3.71. The monoisotopic (exact) mass is 373 g/mol. The lowest BCUT2D eigenvalue weighted by Crippen LogP contribution is -2.52. The minimum Gasteiger partial charge on any atom is -0.483 e. The van der Waals surface area contributed by atoms with Crippen LogP contribution in [0.5, 0.6) is 0 Å². The van der Waals surface area contributed by atoms with E-state index in [1.54, 1.807) is 13.5 Å². The van der Waals surface area contributed by atoms with E-state index in [-0.39, 0.29) is 0 Å². The fraction of sp³-hybridized carbons (Fsp3) is 0.920. The van der Waals surface area contributed by atoms with Crippen molar-refractivity contribution < 1.29 is 4.74 Å². The predicted octanol–water partition coefficient (Wildman–Crippen LogP) is 6.52. The molecule has 0 heterocycles. The van der Waals surface area contributed by atoms with Crippen molar-refractivity contribution in [1.29, 1.82) is 0 Å². The molecule has 0 aliphatic heterocycles. The summed E-state index contributed by atoms with van der Waals surface area (Å²) in [4.78, 5) is 0. The van der Waals surface area contributed by atoms with E-state index in [0.29, 0.717) is 10.8 Å². The van der Waals surface area contributed by atoms with E-state index < -0.39 is 0 Å². The molecule has 7 unspecified atom stereocenters. The largest absolute Gasteiger partial charge is 0.483 e. The number of ether oxygens (including phenoxy) is 1. The highest BCUT2D eigenvalue weighted by molar-refractivity contribution is 5.09. The van der Waals surface area contributed by atoms with Crippen LogP contribution in [0.1, 0.15) is 90.9 Å². The molecule has 0 aromatic heterocycles. The first kappa shape index (κ1) is 19.6.